The molecule has 1 nitrogen and oxygen atoms in total. The van der Waals surface area contributed by atoms with E-state index in [0.717, 1.165) is 0 Å². The molecule has 13 heavy (non-hydrogen) atoms. The highest BCUT2D eigenvalue weighted by Crippen LogP contribution is 2.29. The number of hydrogen-bond acceptors (Lipinski definition) is 1. The Kier molecular flexibility index (Phi) is 2.99. The molecular weight excluding hydrogens is 240 g/mol. The van der Waals surface area contributed by atoms with E-state index in [4.69, 9.17) is 5.26 Å². The van der Waals surface area contributed by atoms with Crippen LogP contribution in [0.4, 0.5) is 8.78 Å². The van der Waals surface area contributed by atoms with Crippen LogP contribution in [0.2, 0.25) is 0 Å². The molecular formula is C9H6BrF2N. The number of benzene rings is 1. The standard InChI is InChI=1S/C9H6BrF2N/c10-6-9(11,12)8-3-1-7(5-13)2-4-8/h1-4H,6H2. The van der Waals surface area contributed by atoms with E-state index >= 15 is 0 Å². The van der Waals surface area contributed by atoms with Crippen molar-refractivity contribution in [3.63, 3.8) is 0 Å². The summed E-state index contributed by atoms with van der Waals surface area (Å²) in [6, 6.07) is 7.16. The van der Waals surface area contributed by atoms with E-state index < -0.39 is 11.3 Å². The molecule has 0 N–H and O–H groups in total. The minimum Gasteiger partial charge on any atom is -0.200 e. The molecule has 0 saturated heterocycles. The second-order valence-corrected chi connectivity index (χ2v) is 3.09. The molecule has 0 bridgehead atoms. The fourth-order valence-electron chi connectivity index (χ4n) is 0.866. The van der Waals surface area contributed by atoms with Gasteiger partial charge >= 0.3 is 0 Å². The molecule has 68 valence electrons. The van der Waals surface area contributed by atoms with E-state index in [-0.39, 0.29) is 5.56 Å². The number of alkyl halides is 3. The molecule has 0 aliphatic carbocycles. The van der Waals surface area contributed by atoms with Gasteiger partial charge in [-0.25, -0.2) is 8.78 Å². The van der Waals surface area contributed by atoms with E-state index in [1.807, 2.05) is 6.07 Å². The van der Waals surface area contributed by atoms with Crippen LogP contribution in [0, 0.1) is 11.3 Å². The molecule has 0 aromatic heterocycles. The van der Waals surface area contributed by atoms with Gasteiger partial charge in [0.25, 0.3) is 5.92 Å². The first kappa shape index (κ1) is 10.1. The SMILES string of the molecule is N#Cc1ccc(C(F)(F)CBr)cc1. The van der Waals surface area contributed by atoms with Gasteiger partial charge in [0.05, 0.1) is 17.0 Å². The third kappa shape index (κ3) is 2.25. The van der Waals surface area contributed by atoms with Gasteiger partial charge < -0.3 is 0 Å². The highest BCUT2D eigenvalue weighted by Gasteiger charge is 2.29. The van der Waals surface area contributed by atoms with Crippen LogP contribution >= 0.6 is 15.9 Å². The lowest BCUT2D eigenvalue weighted by Crippen LogP contribution is -2.14. The molecule has 0 amide bonds. The number of nitrogens with zero attached hydrogens (tertiary/aromatic N) is 1. The summed E-state index contributed by atoms with van der Waals surface area (Å²) in [5.41, 5.74) is 0.303. The Hall–Kier alpha value is -0.950. The van der Waals surface area contributed by atoms with Crippen molar-refractivity contribution in [2.24, 2.45) is 0 Å². The van der Waals surface area contributed by atoms with Gasteiger partial charge in [-0.1, -0.05) is 28.1 Å². The third-order valence-corrected chi connectivity index (χ3v) is 2.31. The van der Waals surface area contributed by atoms with Crippen LogP contribution in [0.25, 0.3) is 0 Å². The average Bonchev–Trinajstić information content (AvgIpc) is 2.18. The molecule has 0 aliphatic heterocycles. The van der Waals surface area contributed by atoms with Gasteiger partial charge in [-0.2, -0.15) is 5.26 Å². The molecule has 1 rings (SSSR count). The lowest BCUT2D eigenvalue weighted by molar-refractivity contribution is 0.0245. The zero-order chi connectivity index (χ0) is 9.90. The highest BCUT2D eigenvalue weighted by atomic mass is 79.9. The van der Waals surface area contributed by atoms with Crippen molar-refractivity contribution in [2.45, 2.75) is 5.92 Å². The summed E-state index contributed by atoms with van der Waals surface area (Å²) in [4.78, 5) is 0. The van der Waals surface area contributed by atoms with E-state index in [1.165, 1.54) is 24.3 Å². The van der Waals surface area contributed by atoms with E-state index in [9.17, 15) is 8.78 Å². The molecule has 0 unspecified atom stereocenters. The van der Waals surface area contributed by atoms with Crippen LogP contribution in [-0.4, -0.2) is 5.33 Å². The van der Waals surface area contributed by atoms with Crippen molar-refractivity contribution in [1.29, 1.82) is 5.26 Å². The van der Waals surface area contributed by atoms with Crippen LogP contribution in [0.15, 0.2) is 24.3 Å². The highest BCUT2D eigenvalue weighted by molar-refractivity contribution is 9.09. The van der Waals surface area contributed by atoms with Crippen LogP contribution in [-0.2, 0) is 5.92 Å². The van der Waals surface area contributed by atoms with Crippen LogP contribution < -0.4 is 0 Å². The molecule has 0 aliphatic rings. The Morgan fingerprint density at radius 1 is 1.31 bits per heavy atom. The zero-order valence-electron chi connectivity index (χ0n) is 6.60. The van der Waals surface area contributed by atoms with Gasteiger partial charge in [0.2, 0.25) is 0 Å². The van der Waals surface area contributed by atoms with E-state index in [1.54, 1.807) is 0 Å². The Morgan fingerprint density at radius 3 is 2.23 bits per heavy atom. The molecule has 0 heterocycles. The maximum Gasteiger partial charge on any atom is 0.282 e. The predicted octanol–water partition coefficient (Wildman–Crippen LogP) is 3.04. The summed E-state index contributed by atoms with van der Waals surface area (Å²) in [7, 11) is 0. The number of halogens is 3. The van der Waals surface area contributed by atoms with Crippen molar-refractivity contribution in [3.8, 4) is 6.07 Å². The molecule has 0 fully saturated rings. The first-order chi connectivity index (χ1) is 6.10. The largest absolute Gasteiger partial charge is 0.282 e. The lowest BCUT2D eigenvalue weighted by Gasteiger charge is -2.12. The van der Waals surface area contributed by atoms with Gasteiger partial charge in [0.15, 0.2) is 0 Å². The molecule has 1 aromatic carbocycles. The number of rotatable bonds is 2. The maximum absolute atomic E-state index is 13.0. The summed E-state index contributed by atoms with van der Waals surface area (Å²) in [5, 5.41) is 8.03. The summed E-state index contributed by atoms with van der Waals surface area (Å²) in [6.45, 7) is 0. The maximum atomic E-state index is 13.0. The third-order valence-electron chi connectivity index (χ3n) is 1.60. The van der Waals surface area contributed by atoms with E-state index in [0.29, 0.717) is 5.56 Å². The van der Waals surface area contributed by atoms with Gasteiger partial charge in [-0.05, 0) is 12.1 Å². The number of hydrogen-bond donors (Lipinski definition) is 0. The Bertz CT molecular complexity index is 326. The summed E-state index contributed by atoms with van der Waals surface area (Å²) >= 11 is 2.73. The lowest BCUT2D eigenvalue weighted by atomic mass is 10.1. The monoisotopic (exact) mass is 245 g/mol. The molecule has 0 radical (unpaired) electrons. The van der Waals surface area contributed by atoms with Crippen molar-refractivity contribution < 1.29 is 8.78 Å². The van der Waals surface area contributed by atoms with Crippen LogP contribution in [0.3, 0.4) is 0 Å². The predicted molar refractivity (Wildman–Crippen MR) is 48.8 cm³/mol. The molecule has 1 aromatic rings. The minimum atomic E-state index is -2.87. The normalized spacial score (nSPS) is 10.9. The first-order valence-corrected chi connectivity index (χ1v) is 4.67. The first-order valence-electron chi connectivity index (χ1n) is 3.54. The van der Waals surface area contributed by atoms with Gasteiger partial charge in [0.1, 0.15) is 0 Å². The fourth-order valence-corrected chi connectivity index (χ4v) is 1.19. The molecule has 4 heteroatoms. The van der Waals surface area contributed by atoms with Crippen molar-refractivity contribution >= 4 is 15.9 Å². The summed E-state index contributed by atoms with van der Waals surface area (Å²) < 4.78 is 26.0. The Labute approximate surface area is 83.1 Å². The van der Waals surface area contributed by atoms with Gasteiger partial charge in [-0.15, -0.1) is 0 Å². The smallest absolute Gasteiger partial charge is 0.200 e. The summed E-state index contributed by atoms with van der Waals surface area (Å²) in [6.07, 6.45) is 0. The van der Waals surface area contributed by atoms with Crippen molar-refractivity contribution in [2.75, 3.05) is 5.33 Å². The Morgan fingerprint density at radius 2 is 1.85 bits per heavy atom. The Balaban J connectivity index is 3.00. The topological polar surface area (TPSA) is 23.8 Å². The number of nitriles is 1. The molecule has 0 saturated carbocycles. The van der Waals surface area contributed by atoms with Crippen molar-refractivity contribution in [3.05, 3.63) is 35.4 Å². The van der Waals surface area contributed by atoms with Gasteiger partial charge in [-0.3, -0.25) is 0 Å². The second-order valence-electron chi connectivity index (χ2n) is 2.53. The quantitative estimate of drug-likeness (QED) is 0.735. The van der Waals surface area contributed by atoms with Crippen LogP contribution in [0.5, 0.6) is 0 Å². The van der Waals surface area contributed by atoms with Crippen LogP contribution in [0.1, 0.15) is 11.1 Å². The van der Waals surface area contributed by atoms with Crippen molar-refractivity contribution in [1.82, 2.24) is 0 Å². The molecule has 0 atom stereocenters. The zero-order valence-corrected chi connectivity index (χ0v) is 8.18. The average molecular weight is 246 g/mol. The van der Waals surface area contributed by atoms with E-state index in [2.05, 4.69) is 15.9 Å². The molecule has 0 spiro atoms. The van der Waals surface area contributed by atoms with Gasteiger partial charge in [0, 0.05) is 5.56 Å². The fraction of sp³-hybridized carbons (Fsp3) is 0.222. The second kappa shape index (κ2) is 3.84. The summed E-state index contributed by atoms with van der Waals surface area (Å²) in [5.74, 6) is -2.87. The minimum absolute atomic E-state index is 0.0802.